The van der Waals surface area contributed by atoms with Crippen LogP contribution < -0.4 is 14.2 Å². The average molecular weight is 601 g/mol. The molecular weight excluding hydrogens is 560 g/mol. The van der Waals surface area contributed by atoms with Gasteiger partial charge in [-0.15, -0.1) is 0 Å². The van der Waals surface area contributed by atoms with Gasteiger partial charge in [-0.2, -0.15) is 15.1 Å². The van der Waals surface area contributed by atoms with Crippen molar-refractivity contribution < 1.29 is 19.0 Å². The summed E-state index contributed by atoms with van der Waals surface area (Å²) in [6, 6.07) is 14.0. The molecule has 0 atom stereocenters. The fourth-order valence-electron chi connectivity index (χ4n) is 6.27. The van der Waals surface area contributed by atoms with E-state index in [0.29, 0.717) is 48.3 Å². The topological polar surface area (TPSA) is 96.6 Å². The maximum absolute atomic E-state index is 12.9. The second-order valence-electron chi connectivity index (χ2n) is 11.5. The Hall–Kier alpha value is -3.59. The first kappa shape index (κ1) is 29.5. The molecule has 8 nitrogen and oxygen atoms in total. The van der Waals surface area contributed by atoms with Crippen LogP contribution in [0.1, 0.15) is 88.2 Å². The molecule has 0 saturated heterocycles. The van der Waals surface area contributed by atoms with Crippen molar-refractivity contribution in [2.45, 2.75) is 77.0 Å². The molecule has 9 heteroatoms. The summed E-state index contributed by atoms with van der Waals surface area (Å²) in [6.07, 6.45) is 14.1. The van der Waals surface area contributed by atoms with Crippen LogP contribution in [0.15, 0.2) is 58.1 Å². The van der Waals surface area contributed by atoms with Crippen LogP contribution in [0, 0.1) is 11.3 Å². The van der Waals surface area contributed by atoms with Crippen LogP contribution in [0.2, 0.25) is 0 Å². The normalized spacial score (nSPS) is 20.6. The van der Waals surface area contributed by atoms with Gasteiger partial charge in [0.25, 0.3) is 5.91 Å². The van der Waals surface area contributed by atoms with E-state index in [4.69, 9.17) is 24.7 Å². The molecule has 1 amide bonds. The lowest BCUT2D eigenvalue weighted by atomic mass is 9.84. The van der Waals surface area contributed by atoms with E-state index in [9.17, 15) is 4.79 Å². The van der Waals surface area contributed by atoms with E-state index in [1.807, 2.05) is 25.1 Å². The summed E-state index contributed by atoms with van der Waals surface area (Å²) in [4.78, 5) is 17.2. The number of amidine groups is 2. The highest BCUT2D eigenvalue weighted by atomic mass is 32.2. The van der Waals surface area contributed by atoms with E-state index in [1.54, 1.807) is 6.08 Å². The molecule has 0 bridgehead atoms. The lowest BCUT2D eigenvalue weighted by Gasteiger charge is -2.22. The molecule has 1 N–H and O–H groups in total. The number of fused-ring (bicyclic) bond motifs is 1. The third-order valence-electron chi connectivity index (χ3n) is 8.57. The summed E-state index contributed by atoms with van der Waals surface area (Å²) in [5, 5.41) is 16.4. The van der Waals surface area contributed by atoms with Crippen LogP contribution in [0.3, 0.4) is 0 Å². The Kier molecular flexibility index (Phi) is 9.46. The monoisotopic (exact) mass is 600 g/mol. The molecule has 2 aliphatic carbocycles. The highest BCUT2D eigenvalue weighted by molar-refractivity contribution is 8.27. The minimum absolute atomic E-state index is 0.0514. The first-order chi connectivity index (χ1) is 21.1. The Morgan fingerprint density at radius 1 is 0.884 bits per heavy atom. The van der Waals surface area contributed by atoms with Gasteiger partial charge >= 0.3 is 0 Å². The standard InChI is InChI=1S/C34H40N4O4S/c1-2-40-30-22-23(21-28-31(35)38-34(36-32(28)39)43-33(37-38)26-11-7-4-8-12-26)13-18-29(30)42-20-19-41-27-16-14-25(15-17-27)24-9-5-3-6-10-24/h13-18,21-22,24,26,35H,2-12,19-20H2,1H3/b28-21-,35-31?. The molecular formula is C34H40N4O4S. The zero-order valence-corrected chi connectivity index (χ0v) is 25.7. The Labute approximate surface area is 258 Å². The molecule has 2 aromatic carbocycles. The number of aliphatic imine (C=N–C) groups is 1. The highest BCUT2D eigenvalue weighted by Crippen LogP contribution is 2.37. The van der Waals surface area contributed by atoms with Crippen molar-refractivity contribution in [3.8, 4) is 17.2 Å². The van der Waals surface area contributed by atoms with Gasteiger partial charge in [0.2, 0.25) is 5.17 Å². The van der Waals surface area contributed by atoms with Crippen LogP contribution >= 0.6 is 11.8 Å². The number of nitrogens with one attached hydrogen (secondary N) is 1. The van der Waals surface area contributed by atoms with Crippen LogP contribution in [-0.2, 0) is 4.79 Å². The number of carbonyl (C=O) groups excluding carboxylic acids is 1. The molecule has 2 saturated carbocycles. The first-order valence-electron chi connectivity index (χ1n) is 15.7. The molecule has 6 rings (SSSR count). The number of hydrogen-bond acceptors (Lipinski definition) is 7. The van der Waals surface area contributed by atoms with Gasteiger partial charge in [0.1, 0.15) is 24.0 Å². The Morgan fingerprint density at radius 2 is 1.58 bits per heavy atom. The highest BCUT2D eigenvalue weighted by Gasteiger charge is 2.38. The Bertz CT molecular complexity index is 1420. The summed E-state index contributed by atoms with van der Waals surface area (Å²) >= 11 is 1.43. The van der Waals surface area contributed by atoms with Gasteiger partial charge in [0, 0.05) is 5.92 Å². The third kappa shape index (κ3) is 6.98. The molecule has 2 aliphatic heterocycles. The zero-order chi connectivity index (χ0) is 29.6. The fourth-order valence-corrected chi connectivity index (χ4v) is 7.33. The molecule has 0 aromatic heterocycles. The SMILES string of the molecule is CCOc1cc(/C=C2/C(=N)N3N=C(C4CCCCC4)SC3=NC2=O)ccc1OCCOc1ccc(C2CCCCC2)cc1. The predicted molar refractivity (Wildman–Crippen MR) is 172 cm³/mol. The molecule has 43 heavy (non-hydrogen) atoms. The van der Waals surface area contributed by atoms with Gasteiger partial charge < -0.3 is 14.2 Å². The molecule has 2 aromatic rings. The van der Waals surface area contributed by atoms with Crippen molar-refractivity contribution in [2.75, 3.05) is 19.8 Å². The van der Waals surface area contributed by atoms with Crippen molar-refractivity contribution in [1.82, 2.24) is 5.01 Å². The number of benzene rings is 2. The van der Waals surface area contributed by atoms with E-state index in [2.05, 4.69) is 29.3 Å². The number of rotatable bonds is 10. The van der Waals surface area contributed by atoms with E-state index in [-0.39, 0.29) is 11.4 Å². The second-order valence-corrected chi connectivity index (χ2v) is 12.5. The fraction of sp³-hybridized carbons (Fsp3) is 0.471. The van der Waals surface area contributed by atoms with Crippen molar-refractivity contribution in [2.24, 2.45) is 16.0 Å². The summed E-state index contributed by atoms with van der Waals surface area (Å²) in [7, 11) is 0. The van der Waals surface area contributed by atoms with Gasteiger partial charge in [-0.3, -0.25) is 10.2 Å². The molecule has 226 valence electrons. The summed E-state index contributed by atoms with van der Waals surface area (Å²) in [5.74, 6) is 2.71. The number of hydrazone groups is 1. The van der Waals surface area contributed by atoms with E-state index < -0.39 is 5.91 Å². The van der Waals surface area contributed by atoms with Crippen molar-refractivity contribution in [3.05, 3.63) is 59.2 Å². The average Bonchev–Trinajstić information content (AvgIpc) is 3.48. The number of ether oxygens (including phenoxy) is 3. The lowest BCUT2D eigenvalue weighted by Crippen LogP contribution is -2.35. The van der Waals surface area contributed by atoms with Gasteiger partial charge in [-0.1, -0.05) is 56.7 Å². The summed E-state index contributed by atoms with van der Waals surface area (Å²) in [5.41, 5.74) is 2.34. The molecule has 0 unspecified atom stereocenters. The van der Waals surface area contributed by atoms with E-state index >= 15 is 0 Å². The van der Waals surface area contributed by atoms with Gasteiger partial charge in [0.05, 0.1) is 12.2 Å². The minimum atomic E-state index is -0.425. The number of hydrogen-bond donors (Lipinski definition) is 1. The van der Waals surface area contributed by atoms with Crippen LogP contribution in [0.4, 0.5) is 0 Å². The molecule has 2 heterocycles. The largest absolute Gasteiger partial charge is 0.490 e. The smallest absolute Gasteiger partial charge is 0.283 e. The molecule has 4 aliphatic rings. The second kappa shape index (κ2) is 13.8. The maximum Gasteiger partial charge on any atom is 0.283 e. The number of amides is 1. The number of nitrogens with zero attached hydrogens (tertiary/aromatic N) is 3. The number of thioether (sulfide) groups is 1. The van der Waals surface area contributed by atoms with Crippen LogP contribution in [0.5, 0.6) is 17.2 Å². The zero-order valence-electron chi connectivity index (χ0n) is 24.8. The van der Waals surface area contributed by atoms with E-state index in [1.165, 1.54) is 73.7 Å². The number of carbonyl (C=O) groups is 1. The minimum Gasteiger partial charge on any atom is -0.490 e. The van der Waals surface area contributed by atoms with Gasteiger partial charge in [-0.25, -0.2) is 0 Å². The Morgan fingerprint density at radius 3 is 2.30 bits per heavy atom. The van der Waals surface area contributed by atoms with Crippen LogP contribution in [0.25, 0.3) is 6.08 Å². The van der Waals surface area contributed by atoms with Crippen molar-refractivity contribution in [1.29, 1.82) is 5.41 Å². The summed E-state index contributed by atoms with van der Waals surface area (Å²) < 4.78 is 17.8. The quantitative estimate of drug-likeness (QED) is 0.221. The Balaban J connectivity index is 1.07. The van der Waals surface area contributed by atoms with Gasteiger partial charge in [-0.05, 0) is 91.8 Å². The van der Waals surface area contributed by atoms with Crippen molar-refractivity contribution >= 4 is 39.8 Å². The third-order valence-corrected chi connectivity index (χ3v) is 9.64. The summed E-state index contributed by atoms with van der Waals surface area (Å²) in [6.45, 7) is 3.15. The molecule has 2 fully saturated rings. The molecule has 0 radical (unpaired) electrons. The van der Waals surface area contributed by atoms with Crippen molar-refractivity contribution in [3.63, 3.8) is 0 Å². The predicted octanol–water partition coefficient (Wildman–Crippen LogP) is 7.79. The van der Waals surface area contributed by atoms with E-state index in [0.717, 1.165) is 29.2 Å². The molecule has 0 spiro atoms. The first-order valence-corrected chi connectivity index (χ1v) is 16.5. The lowest BCUT2D eigenvalue weighted by molar-refractivity contribution is -0.114. The maximum atomic E-state index is 12.9. The van der Waals surface area contributed by atoms with Crippen LogP contribution in [-0.4, -0.2) is 46.8 Å². The van der Waals surface area contributed by atoms with Gasteiger partial charge in [0.15, 0.2) is 17.3 Å².